The highest BCUT2D eigenvalue weighted by atomic mass is 16.5. The fourth-order valence-electron chi connectivity index (χ4n) is 4.29. The molecule has 0 unspecified atom stereocenters. The van der Waals surface area contributed by atoms with Crippen molar-refractivity contribution in [3.63, 3.8) is 0 Å². The molecule has 196 valence electrons. The molecule has 0 aliphatic heterocycles. The Morgan fingerprint density at radius 3 is 2.34 bits per heavy atom. The van der Waals surface area contributed by atoms with Gasteiger partial charge in [-0.25, -0.2) is 9.36 Å². The lowest BCUT2D eigenvalue weighted by atomic mass is 10.1. The third kappa shape index (κ3) is 5.90. The van der Waals surface area contributed by atoms with Gasteiger partial charge in [-0.2, -0.15) is 0 Å². The predicted octanol–water partition coefficient (Wildman–Crippen LogP) is 2.66. The number of nitrogens with one attached hydrogen (secondary N) is 2. The van der Waals surface area contributed by atoms with Crippen molar-refractivity contribution in [2.24, 2.45) is 0 Å². The molecule has 0 aliphatic carbocycles. The molecule has 9 heteroatoms. The fraction of sp³-hybridized carbons (Fsp3) is 0.241. The van der Waals surface area contributed by atoms with Crippen LogP contribution < -0.4 is 21.9 Å². The molecule has 3 aromatic carbocycles. The van der Waals surface area contributed by atoms with Crippen LogP contribution in [0.15, 0.2) is 82.4 Å². The molecule has 0 fully saturated rings. The summed E-state index contributed by atoms with van der Waals surface area (Å²) in [5.74, 6) is -0.533. The maximum absolute atomic E-state index is 13.6. The Hall–Kier alpha value is -4.50. The van der Waals surface area contributed by atoms with Crippen LogP contribution in [0.5, 0.6) is 0 Å². The first-order chi connectivity index (χ1) is 18.4. The van der Waals surface area contributed by atoms with E-state index in [1.807, 2.05) is 31.2 Å². The van der Waals surface area contributed by atoms with Crippen LogP contribution in [-0.2, 0) is 33.7 Å². The van der Waals surface area contributed by atoms with Crippen LogP contribution in [0.25, 0.3) is 16.6 Å². The van der Waals surface area contributed by atoms with Gasteiger partial charge in [-0.15, -0.1) is 0 Å². The van der Waals surface area contributed by atoms with E-state index in [4.69, 9.17) is 4.74 Å². The van der Waals surface area contributed by atoms with Crippen molar-refractivity contribution < 1.29 is 14.3 Å². The Morgan fingerprint density at radius 2 is 1.61 bits per heavy atom. The quantitative estimate of drug-likeness (QED) is 0.316. The van der Waals surface area contributed by atoms with Gasteiger partial charge in [0.2, 0.25) is 11.8 Å². The first-order valence-electron chi connectivity index (χ1n) is 12.4. The highest BCUT2D eigenvalue weighted by molar-refractivity contribution is 5.92. The minimum atomic E-state index is -0.627. The fourth-order valence-corrected chi connectivity index (χ4v) is 4.29. The van der Waals surface area contributed by atoms with E-state index in [1.165, 1.54) is 4.57 Å². The zero-order valence-electron chi connectivity index (χ0n) is 21.4. The SMILES string of the molecule is CCc1ccccc1NC(=O)Cn1c(=O)n(-c2ccc(CC(=O)NCCOC)cc2)c(=O)c2ccccc21. The molecule has 0 saturated carbocycles. The lowest BCUT2D eigenvalue weighted by molar-refractivity contribution is -0.120. The van der Waals surface area contributed by atoms with E-state index in [0.717, 1.165) is 22.1 Å². The van der Waals surface area contributed by atoms with Gasteiger partial charge in [0.25, 0.3) is 5.56 Å². The predicted molar refractivity (Wildman–Crippen MR) is 147 cm³/mol. The molecule has 2 amide bonds. The van der Waals surface area contributed by atoms with Crippen LogP contribution >= 0.6 is 0 Å². The smallest absolute Gasteiger partial charge is 0.336 e. The molecule has 0 saturated heterocycles. The van der Waals surface area contributed by atoms with E-state index < -0.39 is 11.2 Å². The number of hydrogen-bond donors (Lipinski definition) is 2. The van der Waals surface area contributed by atoms with Crippen LogP contribution in [0, 0.1) is 0 Å². The zero-order valence-corrected chi connectivity index (χ0v) is 21.4. The number of aryl methyl sites for hydroxylation is 1. The molecular formula is C29H30N4O5. The minimum Gasteiger partial charge on any atom is -0.383 e. The highest BCUT2D eigenvalue weighted by Gasteiger charge is 2.17. The molecule has 0 aliphatic rings. The second-order valence-electron chi connectivity index (χ2n) is 8.77. The van der Waals surface area contributed by atoms with Crippen molar-refractivity contribution in [1.29, 1.82) is 0 Å². The summed E-state index contributed by atoms with van der Waals surface area (Å²) >= 11 is 0. The average Bonchev–Trinajstić information content (AvgIpc) is 2.92. The molecular weight excluding hydrogens is 484 g/mol. The number of benzene rings is 3. The summed E-state index contributed by atoms with van der Waals surface area (Å²) in [6.45, 7) is 2.57. The summed E-state index contributed by atoms with van der Waals surface area (Å²) in [6.07, 6.45) is 0.898. The number of methoxy groups -OCH3 is 1. The van der Waals surface area contributed by atoms with E-state index in [0.29, 0.717) is 35.4 Å². The van der Waals surface area contributed by atoms with Crippen molar-refractivity contribution in [3.05, 3.63) is 105 Å². The second-order valence-corrected chi connectivity index (χ2v) is 8.77. The zero-order chi connectivity index (χ0) is 27.1. The number of ether oxygens (including phenoxy) is 1. The van der Waals surface area contributed by atoms with Crippen molar-refractivity contribution in [2.45, 2.75) is 26.3 Å². The van der Waals surface area contributed by atoms with Gasteiger partial charge in [0.15, 0.2) is 0 Å². The van der Waals surface area contributed by atoms with Gasteiger partial charge in [0.05, 0.1) is 29.6 Å². The monoisotopic (exact) mass is 514 g/mol. The Kier molecular flexibility index (Phi) is 8.50. The van der Waals surface area contributed by atoms with Gasteiger partial charge < -0.3 is 15.4 Å². The van der Waals surface area contributed by atoms with E-state index in [9.17, 15) is 19.2 Å². The topological polar surface area (TPSA) is 111 Å². The summed E-state index contributed by atoms with van der Waals surface area (Å²) in [5, 5.41) is 5.96. The van der Waals surface area contributed by atoms with Crippen molar-refractivity contribution in [1.82, 2.24) is 14.5 Å². The molecule has 0 atom stereocenters. The van der Waals surface area contributed by atoms with Crippen LogP contribution in [0.2, 0.25) is 0 Å². The van der Waals surface area contributed by atoms with E-state index >= 15 is 0 Å². The standard InChI is InChI=1S/C29H30N4O5/c1-3-21-8-4-6-10-24(21)31-27(35)19-32-25-11-7-5-9-23(25)28(36)33(29(32)37)22-14-12-20(13-15-22)18-26(34)30-16-17-38-2/h4-15H,3,16-19H2,1-2H3,(H,30,34)(H,31,35). The minimum absolute atomic E-state index is 0.153. The first-order valence-corrected chi connectivity index (χ1v) is 12.4. The maximum atomic E-state index is 13.6. The second kappa shape index (κ2) is 12.2. The molecule has 9 nitrogen and oxygen atoms in total. The molecule has 4 rings (SSSR count). The van der Waals surface area contributed by atoms with Crippen LogP contribution in [0.4, 0.5) is 5.69 Å². The van der Waals surface area contributed by atoms with Gasteiger partial charge in [0, 0.05) is 19.3 Å². The number of para-hydroxylation sites is 2. The van der Waals surface area contributed by atoms with E-state index in [-0.39, 0.29) is 24.8 Å². The highest BCUT2D eigenvalue weighted by Crippen LogP contribution is 2.16. The lowest BCUT2D eigenvalue weighted by Crippen LogP contribution is -2.40. The molecule has 1 aromatic heterocycles. The molecule has 2 N–H and O–H groups in total. The van der Waals surface area contributed by atoms with Crippen molar-refractivity contribution in [2.75, 3.05) is 25.6 Å². The molecule has 0 bridgehead atoms. The summed E-state index contributed by atoms with van der Waals surface area (Å²) in [5.41, 5.74) is 2.01. The number of rotatable bonds is 10. The largest absolute Gasteiger partial charge is 0.383 e. The Labute approximate surface area is 219 Å². The van der Waals surface area contributed by atoms with Gasteiger partial charge in [-0.3, -0.25) is 19.0 Å². The normalized spacial score (nSPS) is 10.9. The summed E-state index contributed by atoms with van der Waals surface area (Å²) in [7, 11) is 1.56. The van der Waals surface area contributed by atoms with Crippen LogP contribution in [-0.4, -0.2) is 41.2 Å². The molecule has 1 heterocycles. The number of nitrogens with zero attached hydrogens (tertiary/aromatic N) is 2. The Bertz CT molecular complexity index is 1570. The number of amides is 2. The van der Waals surface area contributed by atoms with Gasteiger partial charge >= 0.3 is 5.69 Å². The number of hydrogen-bond acceptors (Lipinski definition) is 5. The first kappa shape index (κ1) is 26.6. The Morgan fingerprint density at radius 1 is 0.895 bits per heavy atom. The third-order valence-electron chi connectivity index (χ3n) is 6.21. The average molecular weight is 515 g/mol. The number of fused-ring (bicyclic) bond motifs is 1. The van der Waals surface area contributed by atoms with Crippen molar-refractivity contribution in [3.8, 4) is 5.69 Å². The number of aromatic nitrogens is 2. The summed E-state index contributed by atoms with van der Waals surface area (Å²) < 4.78 is 7.29. The number of carbonyl (C=O) groups is 2. The van der Waals surface area contributed by atoms with Gasteiger partial charge in [0.1, 0.15) is 6.54 Å². The summed E-state index contributed by atoms with van der Waals surface area (Å²) in [6, 6.07) is 20.9. The lowest BCUT2D eigenvalue weighted by Gasteiger charge is -2.15. The van der Waals surface area contributed by atoms with Crippen LogP contribution in [0.1, 0.15) is 18.1 Å². The molecule has 0 spiro atoms. The van der Waals surface area contributed by atoms with Gasteiger partial charge in [-0.1, -0.05) is 49.4 Å². The van der Waals surface area contributed by atoms with Crippen LogP contribution in [0.3, 0.4) is 0 Å². The number of carbonyl (C=O) groups excluding carboxylic acids is 2. The van der Waals surface area contributed by atoms with Gasteiger partial charge in [-0.05, 0) is 47.9 Å². The number of anilines is 1. The molecule has 38 heavy (non-hydrogen) atoms. The summed E-state index contributed by atoms with van der Waals surface area (Å²) in [4.78, 5) is 52.1. The molecule has 4 aromatic rings. The van der Waals surface area contributed by atoms with Crippen molar-refractivity contribution >= 4 is 28.4 Å². The maximum Gasteiger partial charge on any atom is 0.336 e. The van der Waals surface area contributed by atoms with E-state index in [2.05, 4.69) is 10.6 Å². The Balaban J connectivity index is 1.66. The van der Waals surface area contributed by atoms with E-state index in [1.54, 1.807) is 55.6 Å². The third-order valence-corrected chi connectivity index (χ3v) is 6.21. The molecule has 0 radical (unpaired) electrons.